The normalized spacial score (nSPS) is 49.9. The summed E-state index contributed by atoms with van der Waals surface area (Å²) in [5.41, 5.74) is 6.79. The van der Waals surface area contributed by atoms with Crippen molar-refractivity contribution in [1.82, 2.24) is 0 Å². The summed E-state index contributed by atoms with van der Waals surface area (Å²) in [7, 11) is 0. The SMILES string of the molecule is CCOCCC1(N)CC2CC1C1CCCC21. The fourth-order valence-corrected chi connectivity index (χ4v) is 5.01. The van der Waals surface area contributed by atoms with Crippen LogP contribution in [-0.4, -0.2) is 18.8 Å². The zero-order chi connectivity index (χ0) is 11.2. The van der Waals surface area contributed by atoms with E-state index in [-0.39, 0.29) is 5.54 Å². The van der Waals surface area contributed by atoms with Gasteiger partial charge in [-0.1, -0.05) is 6.42 Å². The lowest BCUT2D eigenvalue weighted by molar-refractivity contribution is 0.0860. The van der Waals surface area contributed by atoms with Gasteiger partial charge in [-0.2, -0.15) is 0 Å². The van der Waals surface area contributed by atoms with Crippen molar-refractivity contribution in [1.29, 1.82) is 0 Å². The maximum absolute atomic E-state index is 6.66. The third kappa shape index (κ3) is 1.53. The monoisotopic (exact) mass is 223 g/mol. The number of nitrogens with two attached hydrogens (primary N) is 1. The molecule has 0 heterocycles. The van der Waals surface area contributed by atoms with Gasteiger partial charge in [-0.05, 0) is 62.7 Å². The molecule has 3 fully saturated rings. The maximum Gasteiger partial charge on any atom is 0.0483 e. The van der Waals surface area contributed by atoms with Crippen LogP contribution in [0, 0.1) is 23.7 Å². The first kappa shape index (κ1) is 11.0. The third-order valence-electron chi connectivity index (χ3n) is 5.60. The van der Waals surface area contributed by atoms with E-state index in [1.54, 1.807) is 0 Å². The van der Waals surface area contributed by atoms with Gasteiger partial charge in [0.15, 0.2) is 0 Å². The minimum Gasteiger partial charge on any atom is -0.382 e. The average molecular weight is 223 g/mol. The molecule has 0 aliphatic heterocycles. The fourth-order valence-electron chi connectivity index (χ4n) is 5.01. The molecule has 2 heteroatoms. The minimum atomic E-state index is 0.130. The largest absolute Gasteiger partial charge is 0.382 e. The Morgan fingerprint density at radius 3 is 2.94 bits per heavy atom. The molecule has 3 aliphatic carbocycles. The minimum absolute atomic E-state index is 0.130. The smallest absolute Gasteiger partial charge is 0.0483 e. The highest BCUT2D eigenvalue weighted by Gasteiger charge is 2.58. The van der Waals surface area contributed by atoms with E-state index < -0.39 is 0 Å². The van der Waals surface area contributed by atoms with Gasteiger partial charge in [0.05, 0.1) is 0 Å². The van der Waals surface area contributed by atoms with Crippen LogP contribution in [0.3, 0.4) is 0 Å². The van der Waals surface area contributed by atoms with Crippen LogP contribution in [0.5, 0.6) is 0 Å². The Morgan fingerprint density at radius 1 is 1.31 bits per heavy atom. The summed E-state index contributed by atoms with van der Waals surface area (Å²) in [6, 6.07) is 0. The maximum atomic E-state index is 6.66. The first-order valence-corrected chi connectivity index (χ1v) is 7.11. The predicted octanol–water partition coefficient (Wildman–Crippen LogP) is 2.57. The second-order valence-electron chi connectivity index (χ2n) is 6.25. The molecule has 0 aromatic rings. The highest BCUT2D eigenvalue weighted by molar-refractivity contribution is 5.12. The molecule has 0 aromatic carbocycles. The molecule has 92 valence electrons. The molecule has 16 heavy (non-hydrogen) atoms. The molecule has 3 saturated carbocycles. The number of ether oxygens (including phenoxy) is 1. The van der Waals surface area contributed by atoms with Crippen LogP contribution in [0.1, 0.15) is 45.4 Å². The van der Waals surface area contributed by atoms with Gasteiger partial charge in [-0.25, -0.2) is 0 Å². The molecule has 0 aromatic heterocycles. The number of hydrogen-bond donors (Lipinski definition) is 1. The second-order valence-corrected chi connectivity index (χ2v) is 6.25. The van der Waals surface area contributed by atoms with Crippen molar-refractivity contribution >= 4 is 0 Å². The Balaban J connectivity index is 1.66. The summed E-state index contributed by atoms with van der Waals surface area (Å²) in [6.45, 7) is 3.76. The molecule has 0 amide bonds. The van der Waals surface area contributed by atoms with E-state index in [0.29, 0.717) is 0 Å². The van der Waals surface area contributed by atoms with Crippen molar-refractivity contribution in [3.63, 3.8) is 0 Å². The zero-order valence-corrected chi connectivity index (χ0v) is 10.5. The van der Waals surface area contributed by atoms with Crippen LogP contribution < -0.4 is 5.73 Å². The molecule has 3 aliphatic rings. The Bertz CT molecular complexity index is 267. The number of fused-ring (bicyclic) bond motifs is 5. The molecule has 5 atom stereocenters. The van der Waals surface area contributed by atoms with Gasteiger partial charge in [0, 0.05) is 18.8 Å². The van der Waals surface area contributed by atoms with Gasteiger partial charge in [0.1, 0.15) is 0 Å². The van der Waals surface area contributed by atoms with E-state index in [4.69, 9.17) is 10.5 Å². The van der Waals surface area contributed by atoms with Crippen molar-refractivity contribution in [3.05, 3.63) is 0 Å². The highest BCUT2D eigenvalue weighted by Crippen LogP contribution is 2.62. The average Bonchev–Trinajstić information content (AvgIpc) is 2.87. The highest BCUT2D eigenvalue weighted by atomic mass is 16.5. The summed E-state index contributed by atoms with van der Waals surface area (Å²) < 4.78 is 5.50. The predicted molar refractivity (Wildman–Crippen MR) is 65.1 cm³/mol. The lowest BCUT2D eigenvalue weighted by Crippen LogP contribution is -2.49. The molecule has 2 N–H and O–H groups in total. The molecule has 0 saturated heterocycles. The molecule has 3 rings (SSSR count). The van der Waals surface area contributed by atoms with E-state index >= 15 is 0 Å². The van der Waals surface area contributed by atoms with Gasteiger partial charge >= 0.3 is 0 Å². The van der Waals surface area contributed by atoms with E-state index in [2.05, 4.69) is 6.92 Å². The van der Waals surface area contributed by atoms with Crippen LogP contribution in [0.4, 0.5) is 0 Å². The van der Waals surface area contributed by atoms with Crippen molar-refractivity contribution < 1.29 is 4.74 Å². The summed E-state index contributed by atoms with van der Waals surface area (Å²) in [4.78, 5) is 0. The summed E-state index contributed by atoms with van der Waals surface area (Å²) >= 11 is 0. The zero-order valence-electron chi connectivity index (χ0n) is 10.5. The molecule has 2 nitrogen and oxygen atoms in total. The topological polar surface area (TPSA) is 35.2 Å². The molecular formula is C14H25NO. The van der Waals surface area contributed by atoms with Crippen LogP contribution in [0.2, 0.25) is 0 Å². The third-order valence-corrected chi connectivity index (χ3v) is 5.60. The lowest BCUT2D eigenvalue weighted by atomic mass is 9.70. The van der Waals surface area contributed by atoms with Crippen molar-refractivity contribution in [2.24, 2.45) is 29.4 Å². The number of hydrogen-bond acceptors (Lipinski definition) is 2. The van der Waals surface area contributed by atoms with Crippen molar-refractivity contribution in [2.45, 2.75) is 51.0 Å². The second kappa shape index (κ2) is 3.99. The first-order valence-electron chi connectivity index (χ1n) is 7.11. The standard InChI is InChI=1S/C14H25NO/c1-2-16-7-6-14(15)9-10-8-13(14)12-5-3-4-11(10)12/h10-13H,2-9,15H2,1H3. The summed E-state index contributed by atoms with van der Waals surface area (Å²) in [5.74, 6) is 3.81. The van der Waals surface area contributed by atoms with E-state index in [1.807, 2.05) is 0 Å². The van der Waals surface area contributed by atoms with Gasteiger partial charge in [0.2, 0.25) is 0 Å². The van der Waals surface area contributed by atoms with Gasteiger partial charge in [-0.15, -0.1) is 0 Å². The van der Waals surface area contributed by atoms with E-state index in [0.717, 1.165) is 43.3 Å². The van der Waals surface area contributed by atoms with E-state index in [1.165, 1.54) is 32.1 Å². The van der Waals surface area contributed by atoms with Gasteiger partial charge < -0.3 is 10.5 Å². The van der Waals surface area contributed by atoms with Gasteiger partial charge in [-0.3, -0.25) is 0 Å². The molecule has 0 radical (unpaired) electrons. The Kier molecular flexibility index (Phi) is 2.75. The van der Waals surface area contributed by atoms with E-state index in [9.17, 15) is 0 Å². The molecular weight excluding hydrogens is 198 g/mol. The van der Waals surface area contributed by atoms with Crippen LogP contribution in [0.25, 0.3) is 0 Å². The molecule has 5 unspecified atom stereocenters. The first-order chi connectivity index (χ1) is 7.74. The van der Waals surface area contributed by atoms with Gasteiger partial charge in [0.25, 0.3) is 0 Å². The quantitative estimate of drug-likeness (QED) is 0.743. The Labute approximate surface area is 98.9 Å². The van der Waals surface area contributed by atoms with Crippen LogP contribution in [-0.2, 0) is 4.74 Å². The lowest BCUT2D eigenvalue weighted by Gasteiger charge is -2.40. The Morgan fingerprint density at radius 2 is 2.12 bits per heavy atom. The fraction of sp³-hybridized carbons (Fsp3) is 1.00. The van der Waals surface area contributed by atoms with Crippen molar-refractivity contribution in [3.8, 4) is 0 Å². The number of rotatable bonds is 4. The van der Waals surface area contributed by atoms with Crippen molar-refractivity contribution in [2.75, 3.05) is 13.2 Å². The molecule has 2 bridgehead atoms. The summed E-state index contributed by atoms with van der Waals surface area (Å²) in [5, 5.41) is 0. The van der Waals surface area contributed by atoms with Crippen LogP contribution >= 0.6 is 0 Å². The molecule has 0 spiro atoms. The Hall–Kier alpha value is -0.0800. The van der Waals surface area contributed by atoms with Crippen LogP contribution in [0.15, 0.2) is 0 Å². The summed E-state index contributed by atoms with van der Waals surface area (Å²) in [6.07, 6.45) is 8.21.